The number of anilines is 1. The quantitative estimate of drug-likeness (QED) is 0.268. The Morgan fingerprint density at radius 2 is 2.00 bits per heavy atom. The van der Waals surface area contributed by atoms with Crippen molar-refractivity contribution in [2.75, 3.05) is 24.6 Å². The van der Waals surface area contributed by atoms with Crippen LogP contribution in [0, 0.1) is 11.8 Å². The van der Waals surface area contributed by atoms with Crippen LogP contribution >= 0.6 is 11.6 Å². The standard InChI is InChI=1S/C32H45ClN2O4SSi/c1-7-29(36)26-13-10-23(26)19-35-20-32(16-8-9-22-17-24(33)11-14-27(22)32)21-39-30-15-12-25(18-28(30)35)40(37,38)34-41(5,6)31(2,3)4/h7,11-12,14-15,17-18,23,26,29,34,36H,1,8-10,13,16,19-21H2,2-6H3/t23-,26+,29?,32-/m0/s1. The molecule has 2 aromatic rings. The molecule has 1 fully saturated rings. The predicted molar refractivity (Wildman–Crippen MR) is 170 cm³/mol. The van der Waals surface area contributed by atoms with Gasteiger partial charge in [-0.05, 0) is 90.4 Å². The van der Waals surface area contributed by atoms with Gasteiger partial charge in [0.25, 0.3) is 0 Å². The first-order chi connectivity index (χ1) is 19.2. The van der Waals surface area contributed by atoms with Crippen LogP contribution in [0.1, 0.15) is 57.6 Å². The van der Waals surface area contributed by atoms with Crippen molar-refractivity contribution in [3.05, 3.63) is 65.2 Å². The lowest BCUT2D eigenvalue weighted by Gasteiger charge is -2.45. The number of aliphatic hydroxyl groups excluding tert-OH is 1. The van der Waals surface area contributed by atoms with Crippen molar-refractivity contribution in [2.24, 2.45) is 11.8 Å². The number of ether oxygens (including phenoxy) is 1. The van der Waals surface area contributed by atoms with Gasteiger partial charge in [-0.1, -0.05) is 57.6 Å². The van der Waals surface area contributed by atoms with Crippen molar-refractivity contribution in [1.82, 2.24) is 4.39 Å². The zero-order chi connectivity index (χ0) is 29.8. The van der Waals surface area contributed by atoms with Crippen molar-refractivity contribution in [1.29, 1.82) is 0 Å². The van der Waals surface area contributed by atoms with Crippen LogP contribution in [0.4, 0.5) is 5.69 Å². The average Bonchev–Trinajstić information content (AvgIpc) is 3.02. The third-order valence-electron chi connectivity index (χ3n) is 10.2. The Morgan fingerprint density at radius 1 is 1.24 bits per heavy atom. The van der Waals surface area contributed by atoms with E-state index < -0.39 is 24.4 Å². The second-order valence-corrected chi connectivity index (χ2v) is 21.4. The Labute approximate surface area is 252 Å². The van der Waals surface area contributed by atoms with Crippen molar-refractivity contribution < 1.29 is 18.3 Å². The van der Waals surface area contributed by atoms with E-state index in [0.717, 1.165) is 49.4 Å². The molecule has 2 aliphatic carbocycles. The molecule has 0 amide bonds. The molecule has 1 heterocycles. The zero-order valence-electron chi connectivity index (χ0n) is 25.0. The highest BCUT2D eigenvalue weighted by Gasteiger charge is 2.45. The van der Waals surface area contributed by atoms with Gasteiger partial charge < -0.3 is 14.7 Å². The third kappa shape index (κ3) is 5.87. The number of hydrogen-bond acceptors (Lipinski definition) is 5. The topological polar surface area (TPSA) is 78.9 Å². The number of nitrogens with one attached hydrogen (secondary N) is 1. The Hall–Kier alpha value is -1.84. The number of fused-ring (bicyclic) bond motifs is 3. The summed E-state index contributed by atoms with van der Waals surface area (Å²) in [6.07, 6.45) is 6.09. The first-order valence-electron chi connectivity index (χ1n) is 14.8. The molecule has 224 valence electrons. The monoisotopic (exact) mass is 616 g/mol. The van der Waals surface area contributed by atoms with Crippen LogP contribution in [0.3, 0.4) is 0 Å². The lowest BCUT2D eigenvalue weighted by molar-refractivity contribution is 0.0460. The van der Waals surface area contributed by atoms with Gasteiger partial charge in [0.15, 0.2) is 0 Å². The van der Waals surface area contributed by atoms with E-state index in [-0.39, 0.29) is 27.2 Å². The van der Waals surface area contributed by atoms with Gasteiger partial charge in [0, 0.05) is 23.5 Å². The van der Waals surface area contributed by atoms with Gasteiger partial charge >= 0.3 is 0 Å². The second-order valence-electron chi connectivity index (χ2n) is 13.9. The van der Waals surface area contributed by atoms with Crippen molar-refractivity contribution in [3.8, 4) is 5.75 Å². The van der Waals surface area contributed by atoms with Crippen molar-refractivity contribution in [3.63, 3.8) is 0 Å². The highest BCUT2D eigenvalue weighted by Crippen LogP contribution is 2.47. The molecule has 2 aromatic carbocycles. The van der Waals surface area contributed by atoms with Gasteiger partial charge in [-0.3, -0.25) is 0 Å². The second kappa shape index (κ2) is 11.0. The Balaban J connectivity index is 1.55. The van der Waals surface area contributed by atoms with E-state index in [1.54, 1.807) is 18.2 Å². The molecule has 3 aliphatic rings. The molecule has 2 N–H and O–H groups in total. The van der Waals surface area contributed by atoms with E-state index in [2.05, 4.69) is 61.9 Å². The summed E-state index contributed by atoms with van der Waals surface area (Å²) in [7, 11) is -6.08. The van der Waals surface area contributed by atoms with Crippen LogP contribution in [0.5, 0.6) is 5.75 Å². The minimum Gasteiger partial charge on any atom is -0.490 e. The summed E-state index contributed by atoms with van der Waals surface area (Å²) in [6.45, 7) is 16.2. The maximum absolute atomic E-state index is 13.7. The molecule has 0 radical (unpaired) electrons. The molecule has 1 spiro atoms. The molecular weight excluding hydrogens is 572 g/mol. The molecule has 6 nitrogen and oxygen atoms in total. The van der Waals surface area contributed by atoms with Gasteiger partial charge in [0.05, 0.1) is 23.3 Å². The molecule has 0 saturated heterocycles. The summed E-state index contributed by atoms with van der Waals surface area (Å²) in [5.74, 6) is 1.14. The molecule has 0 bridgehead atoms. The summed E-state index contributed by atoms with van der Waals surface area (Å²) in [6, 6.07) is 11.5. The first kappa shape index (κ1) is 30.6. The fourth-order valence-corrected chi connectivity index (χ4v) is 11.6. The summed E-state index contributed by atoms with van der Waals surface area (Å²) >= 11 is 6.39. The zero-order valence-corrected chi connectivity index (χ0v) is 27.6. The maximum atomic E-state index is 13.7. The number of hydrogen-bond donors (Lipinski definition) is 2. The maximum Gasteiger partial charge on any atom is 0.234 e. The van der Waals surface area contributed by atoms with E-state index >= 15 is 0 Å². The highest BCUT2D eigenvalue weighted by atomic mass is 35.5. The molecule has 0 aromatic heterocycles. The van der Waals surface area contributed by atoms with E-state index in [9.17, 15) is 13.5 Å². The van der Waals surface area contributed by atoms with Crippen LogP contribution in [-0.4, -0.2) is 47.6 Å². The SMILES string of the molecule is C=CC(O)[C@@H]1CC[C@H]1CN1C[C@@]2(CCCc3cc(Cl)ccc32)COc2ccc(S(=O)(=O)N[Si](C)(C)C(C)(C)C)cc21. The third-order valence-corrected chi connectivity index (χ3v) is 18.2. The molecule has 9 heteroatoms. The largest absolute Gasteiger partial charge is 0.490 e. The van der Waals surface area contributed by atoms with Crippen LogP contribution in [0.2, 0.25) is 23.2 Å². The lowest BCUT2D eigenvalue weighted by atomic mass is 9.68. The predicted octanol–water partition coefficient (Wildman–Crippen LogP) is 6.67. The molecule has 1 saturated carbocycles. The Kier molecular flexibility index (Phi) is 8.22. The van der Waals surface area contributed by atoms with E-state index in [1.807, 2.05) is 12.1 Å². The van der Waals surface area contributed by atoms with Crippen LogP contribution in [0.25, 0.3) is 0 Å². The van der Waals surface area contributed by atoms with Gasteiger partial charge in [0.1, 0.15) is 14.0 Å². The summed E-state index contributed by atoms with van der Waals surface area (Å²) in [5, 5.41) is 11.2. The summed E-state index contributed by atoms with van der Waals surface area (Å²) in [4.78, 5) is 2.60. The lowest BCUT2D eigenvalue weighted by Crippen LogP contribution is -2.54. The fourth-order valence-electron chi connectivity index (χ4n) is 6.54. The molecule has 1 unspecified atom stereocenters. The molecule has 4 atom stereocenters. The molecule has 5 rings (SSSR count). The number of halogens is 1. The Bertz CT molecular complexity index is 1420. The van der Waals surface area contributed by atoms with Crippen LogP contribution in [0.15, 0.2) is 53.9 Å². The normalized spacial score (nSPS) is 25.4. The van der Waals surface area contributed by atoms with Gasteiger partial charge in [-0.15, -0.1) is 6.58 Å². The van der Waals surface area contributed by atoms with E-state index in [0.29, 0.717) is 18.9 Å². The summed E-state index contributed by atoms with van der Waals surface area (Å²) in [5.41, 5.74) is 3.10. The number of sulfonamides is 1. The molecule has 1 aliphatic heterocycles. The number of rotatable bonds is 7. The number of aliphatic hydroxyl groups is 1. The Morgan fingerprint density at radius 3 is 2.66 bits per heavy atom. The molecular formula is C32H45ClN2O4SSi. The minimum atomic E-state index is -3.74. The highest BCUT2D eigenvalue weighted by molar-refractivity contribution is 7.91. The average molecular weight is 617 g/mol. The van der Waals surface area contributed by atoms with Crippen LogP contribution < -0.4 is 14.0 Å². The minimum absolute atomic E-state index is 0.143. The summed E-state index contributed by atoms with van der Waals surface area (Å²) < 4.78 is 37.1. The van der Waals surface area contributed by atoms with Gasteiger partial charge in [-0.25, -0.2) is 12.8 Å². The number of aryl methyl sites for hydroxylation is 1. The van der Waals surface area contributed by atoms with Crippen molar-refractivity contribution in [2.45, 2.75) is 87.4 Å². The molecule has 41 heavy (non-hydrogen) atoms. The van der Waals surface area contributed by atoms with Gasteiger partial charge in [0.2, 0.25) is 10.0 Å². The fraction of sp³-hybridized carbons (Fsp3) is 0.562. The van der Waals surface area contributed by atoms with E-state index in [4.69, 9.17) is 16.3 Å². The van der Waals surface area contributed by atoms with Gasteiger partial charge in [-0.2, -0.15) is 0 Å². The number of benzene rings is 2. The van der Waals surface area contributed by atoms with Crippen LogP contribution in [-0.2, 0) is 21.9 Å². The van der Waals surface area contributed by atoms with Crippen molar-refractivity contribution >= 4 is 35.5 Å². The smallest absolute Gasteiger partial charge is 0.234 e. The first-order valence-corrected chi connectivity index (χ1v) is 19.7. The number of nitrogens with zero attached hydrogens (tertiary/aromatic N) is 1. The van der Waals surface area contributed by atoms with E-state index in [1.165, 1.54) is 11.1 Å².